The van der Waals surface area contributed by atoms with Crippen LogP contribution in [0.3, 0.4) is 0 Å². The second-order valence-electron chi connectivity index (χ2n) is 3.39. The summed E-state index contributed by atoms with van der Waals surface area (Å²) >= 11 is 6.02. The molecule has 1 aromatic heterocycles. The number of nitrogens with zero attached hydrogens (tertiary/aromatic N) is 2. The van der Waals surface area contributed by atoms with Crippen LogP contribution in [0.1, 0.15) is 5.56 Å². The summed E-state index contributed by atoms with van der Waals surface area (Å²) in [5.41, 5.74) is 0.871. The highest BCUT2D eigenvalue weighted by Crippen LogP contribution is 2.29. The molecular weight excluding hydrogens is 236 g/mol. The molecule has 1 heterocycles. The summed E-state index contributed by atoms with van der Waals surface area (Å²) in [6.07, 6.45) is 3.61. The molecular formula is C13H9ClN2O. The fraction of sp³-hybridized carbons (Fsp3) is 0.0769. The van der Waals surface area contributed by atoms with Gasteiger partial charge in [0, 0.05) is 6.20 Å². The van der Waals surface area contributed by atoms with Crippen molar-refractivity contribution in [1.29, 1.82) is 5.26 Å². The zero-order valence-electron chi connectivity index (χ0n) is 8.93. The fourth-order valence-electron chi connectivity index (χ4n) is 1.36. The standard InChI is InChI=1S/C13H9ClN2O/c14-12-4-3-10(5-6-15)8-13(12)17-11-2-1-7-16-9-11/h1-4,7-9H,5H2. The van der Waals surface area contributed by atoms with E-state index in [1.54, 1.807) is 36.7 Å². The van der Waals surface area contributed by atoms with E-state index in [4.69, 9.17) is 21.6 Å². The molecule has 0 atom stereocenters. The number of aromatic nitrogens is 1. The normalized spacial score (nSPS) is 9.65. The molecule has 84 valence electrons. The number of hydrogen-bond acceptors (Lipinski definition) is 3. The summed E-state index contributed by atoms with van der Waals surface area (Å²) in [6, 6.07) is 10.9. The van der Waals surface area contributed by atoms with E-state index in [2.05, 4.69) is 11.1 Å². The second kappa shape index (κ2) is 5.33. The molecule has 0 saturated carbocycles. The first-order valence-corrected chi connectivity index (χ1v) is 5.40. The molecule has 2 rings (SSSR count). The predicted octanol–water partition coefficient (Wildman–Crippen LogP) is 3.59. The summed E-state index contributed by atoms with van der Waals surface area (Å²) in [5, 5.41) is 9.15. The highest BCUT2D eigenvalue weighted by atomic mass is 35.5. The smallest absolute Gasteiger partial charge is 0.146 e. The quantitative estimate of drug-likeness (QED) is 0.829. The first-order valence-electron chi connectivity index (χ1n) is 5.03. The molecule has 0 aliphatic heterocycles. The van der Waals surface area contributed by atoms with E-state index in [0.29, 0.717) is 22.9 Å². The molecule has 0 radical (unpaired) electrons. The molecule has 0 amide bonds. The predicted molar refractivity (Wildman–Crippen MR) is 65.1 cm³/mol. The SMILES string of the molecule is N#CCc1ccc(Cl)c(Oc2cccnc2)c1. The number of benzene rings is 1. The minimum atomic E-state index is 0.334. The maximum Gasteiger partial charge on any atom is 0.146 e. The number of pyridine rings is 1. The maximum atomic E-state index is 8.64. The molecule has 0 spiro atoms. The summed E-state index contributed by atoms with van der Waals surface area (Å²) in [7, 11) is 0. The zero-order chi connectivity index (χ0) is 12.1. The Morgan fingerprint density at radius 1 is 1.35 bits per heavy atom. The maximum absolute atomic E-state index is 8.64. The molecule has 4 heteroatoms. The molecule has 2 aromatic rings. The van der Waals surface area contributed by atoms with Gasteiger partial charge in [0.15, 0.2) is 0 Å². The number of halogens is 1. The Hall–Kier alpha value is -2.05. The van der Waals surface area contributed by atoms with Crippen molar-refractivity contribution in [2.45, 2.75) is 6.42 Å². The van der Waals surface area contributed by atoms with Crippen molar-refractivity contribution >= 4 is 11.6 Å². The first-order chi connectivity index (χ1) is 8.29. The minimum Gasteiger partial charge on any atom is -0.454 e. The van der Waals surface area contributed by atoms with Crippen LogP contribution in [0, 0.1) is 11.3 Å². The van der Waals surface area contributed by atoms with Crippen LogP contribution < -0.4 is 4.74 Å². The van der Waals surface area contributed by atoms with E-state index in [1.165, 1.54) is 0 Å². The van der Waals surface area contributed by atoms with Crippen LogP contribution in [0.4, 0.5) is 0 Å². The molecule has 0 bridgehead atoms. The third-order valence-corrected chi connectivity index (χ3v) is 2.45. The van der Waals surface area contributed by atoms with Crippen molar-refractivity contribution in [3.8, 4) is 17.6 Å². The van der Waals surface area contributed by atoms with E-state index in [1.807, 2.05) is 6.07 Å². The molecule has 0 fully saturated rings. The lowest BCUT2D eigenvalue weighted by Crippen LogP contribution is -1.88. The van der Waals surface area contributed by atoms with Gasteiger partial charge in [-0.15, -0.1) is 0 Å². The van der Waals surface area contributed by atoms with Gasteiger partial charge in [0.05, 0.1) is 23.7 Å². The van der Waals surface area contributed by atoms with Gasteiger partial charge in [-0.05, 0) is 29.8 Å². The van der Waals surface area contributed by atoms with Crippen molar-refractivity contribution in [2.75, 3.05) is 0 Å². The molecule has 17 heavy (non-hydrogen) atoms. The van der Waals surface area contributed by atoms with Crippen LogP contribution >= 0.6 is 11.6 Å². The Morgan fingerprint density at radius 2 is 2.24 bits per heavy atom. The van der Waals surface area contributed by atoms with Crippen molar-refractivity contribution in [3.63, 3.8) is 0 Å². The van der Waals surface area contributed by atoms with Gasteiger partial charge in [0.25, 0.3) is 0 Å². The lowest BCUT2D eigenvalue weighted by molar-refractivity contribution is 0.480. The van der Waals surface area contributed by atoms with Crippen LogP contribution in [0.2, 0.25) is 5.02 Å². The summed E-state index contributed by atoms with van der Waals surface area (Å²) < 4.78 is 5.59. The topological polar surface area (TPSA) is 45.9 Å². The largest absolute Gasteiger partial charge is 0.454 e. The Labute approximate surface area is 104 Å². The molecule has 0 saturated heterocycles. The van der Waals surface area contributed by atoms with Crippen molar-refractivity contribution in [1.82, 2.24) is 4.98 Å². The first kappa shape index (κ1) is 11.4. The minimum absolute atomic E-state index is 0.334. The Kier molecular flexibility index (Phi) is 3.59. The lowest BCUT2D eigenvalue weighted by atomic mass is 10.1. The van der Waals surface area contributed by atoms with Gasteiger partial charge in [0.2, 0.25) is 0 Å². The second-order valence-corrected chi connectivity index (χ2v) is 3.80. The van der Waals surface area contributed by atoms with Crippen molar-refractivity contribution in [2.24, 2.45) is 0 Å². The number of nitriles is 1. The fourth-order valence-corrected chi connectivity index (χ4v) is 1.52. The average molecular weight is 245 g/mol. The number of ether oxygens (including phenoxy) is 1. The summed E-state index contributed by atoms with van der Waals surface area (Å²) in [6.45, 7) is 0. The molecule has 0 unspecified atom stereocenters. The molecule has 0 aliphatic carbocycles. The number of hydrogen-bond donors (Lipinski definition) is 0. The number of rotatable bonds is 3. The third-order valence-electron chi connectivity index (χ3n) is 2.14. The van der Waals surface area contributed by atoms with Gasteiger partial charge in [-0.1, -0.05) is 17.7 Å². The van der Waals surface area contributed by atoms with E-state index in [-0.39, 0.29) is 0 Å². The van der Waals surface area contributed by atoms with Crippen LogP contribution in [-0.4, -0.2) is 4.98 Å². The van der Waals surface area contributed by atoms with E-state index in [0.717, 1.165) is 5.56 Å². The molecule has 1 aromatic carbocycles. The highest BCUT2D eigenvalue weighted by molar-refractivity contribution is 6.32. The van der Waals surface area contributed by atoms with Gasteiger partial charge in [-0.2, -0.15) is 5.26 Å². The monoisotopic (exact) mass is 244 g/mol. The van der Waals surface area contributed by atoms with Crippen LogP contribution in [0.15, 0.2) is 42.7 Å². The van der Waals surface area contributed by atoms with E-state index >= 15 is 0 Å². The Bertz CT molecular complexity index is 549. The molecule has 0 N–H and O–H groups in total. The van der Waals surface area contributed by atoms with Gasteiger partial charge >= 0.3 is 0 Å². The van der Waals surface area contributed by atoms with Gasteiger partial charge in [0.1, 0.15) is 11.5 Å². The average Bonchev–Trinajstić information content (AvgIpc) is 2.35. The van der Waals surface area contributed by atoms with Crippen LogP contribution in [0.5, 0.6) is 11.5 Å². The van der Waals surface area contributed by atoms with Gasteiger partial charge < -0.3 is 4.74 Å². The van der Waals surface area contributed by atoms with Crippen LogP contribution in [-0.2, 0) is 6.42 Å². The summed E-state index contributed by atoms with van der Waals surface area (Å²) in [4.78, 5) is 3.95. The highest BCUT2D eigenvalue weighted by Gasteiger charge is 2.04. The van der Waals surface area contributed by atoms with E-state index in [9.17, 15) is 0 Å². The lowest BCUT2D eigenvalue weighted by Gasteiger charge is -2.08. The summed E-state index contributed by atoms with van der Waals surface area (Å²) in [5.74, 6) is 1.15. The Morgan fingerprint density at radius 3 is 2.94 bits per heavy atom. The van der Waals surface area contributed by atoms with Crippen molar-refractivity contribution in [3.05, 3.63) is 53.3 Å². The third kappa shape index (κ3) is 2.96. The van der Waals surface area contributed by atoms with Crippen LogP contribution in [0.25, 0.3) is 0 Å². The zero-order valence-corrected chi connectivity index (χ0v) is 9.69. The Balaban J connectivity index is 2.26. The van der Waals surface area contributed by atoms with Crippen molar-refractivity contribution < 1.29 is 4.74 Å². The van der Waals surface area contributed by atoms with E-state index < -0.39 is 0 Å². The van der Waals surface area contributed by atoms with Gasteiger partial charge in [-0.3, -0.25) is 4.98 Å². The molecule has 0 aliphatic rings. The molecule has 3 nitrogen and oxygen atoms in total. The van der Waals surface area contributed by atoms with Gasteiger partial charge in [-0.25, -0.2) is 0 Å².